The Morgan fingerprint density at radius 3 is 2.55 bits per heavy atom. The van der Waals surface area contributed by atoms with E-state index in [2.05, 4.69) is 41.0 Å². The summed E-state index contributed by atoms with van der Waals surface area (Å²) in [6.45, 7) is 5.93. The molecule has 1 aromatic heterocycles. The van der Waals surface area contributed by atoms with Crippen LogP contribution in [0.15, 0.2) is 17.5 Å². The molecule has 168 valence electrons. The number of halogens is 1. The number of nitrogen functional groups attached to an aromatic ring is 1. The van der Waals surface area contributed by atoms with Gasteiger partial charge in [-0.25, -0.2) is 9.37 Å². The predicted molar refractivity (Wildman–Crippen MR) is 125 cm³/mol. The number of nitrogens with one attached hydrogen (secondary N) is 1. The Morgan fingerprint density at radius 1 is 1.19 bits per heavy atom. The lowest BCUT2D eigenvalue weighted by molar-refractivity contribution is 0.0927. The molecule has 0 unspecified atom stereocenters. The van der Waals surface area contributed by atoms with Gasteiger partial charge in [-0.2, -0.15) is 0 Å². The van der Waals surface area contributed by atoms with Crippen molar-refractivity contribution in [3.05, 3.63) is 28.3 Å². The van der Waals surface area contributed by atoms with Gasteiger partial charge in [0.15, 0.2) is 5.01 Å². The molecule has 1 aliphatic heterocycles. The highest BCUT2D eigenvalue weighted by Gasteiger charge is 2.28. The summed E-state index contributed by atoms with van der Waals surface area (Å²) in [6.07, 6.45) is 5.56. The van der Waals surface area contributed by atoms with Crippen LogP contribution >= 0.6 is 11.3 Å². The molecule has 2 fully saturated rings. The van der Waals surface area contributed by atoms with Gasteiger partial charge in [0.05, 0.1) is 17.1 Å². The number of carbonyl (C=O) groups is 1. The van der Waals surface area contributed by atoms with Crippen molar-refractivity contribution in [2.75, 3.05) is 30.8 Å². The van der Waals surface area contributed by atoms with E-state index in [0.717, 1.165) is 44.5 Å². The summed E-state index contributed by atoms with van der Waals surface area (Å²) in [5.74, 6) is -0.540. The van der Waals surface area contributed by atoms with Gasteiger partial charge < -0.3 is 16.0 Å². The Balaban J connectivity index is 1.52. The Hall–Kier alpha value is -2.19. The van der Waals surface area contributed by atoms with Gasteiger partial charge in [0.1, 0.15) is 5.82 Å². The van der Waals surface area contributed by atoms with Gasteiger partial charge in [-0.3, -0.25) is 9.69 Å². The number of nitrogens with two attached hydrogens (primary N) is 1. The van der Waals surface area contributed by atoms with E-state index in [-0.39, 0.29) is 17.8 Å². The minimum atomic E-state index is -0.368. The zero-order valence-electron chi connectivity index (χ0n) is 18.5. The van der Waals surface area contributed by atoms with Gasteiger partial charge in [-0.15, -0.1) is 11.3 Å². The average Bonchev–Trinajstić information content (AvgIpc) is 3.24. The van der Waals surface area contributed by atoms with E-state index in [9.17, 15) is 4.79 Å². The summed E-state index contributed by atoms with van der Waals surface area (Å²) >= 11 is 1.24. The summed E-state index contributed by atoms with van der Waals surface area (Å²) in [7, 11) is 2.12. The molecule has 6 nitrogen and oxygen atoms in total. The SMILES string of the molecule is C[C@@H]1CN(c2cc(F)c(-c3csc(C(=O)NC4CCCCC4)n3)cc2N)C[C@H](C)N1C. The van der Waals surface area contributed by atoms with Crippen LogP contribution in [0.4, 0.5) is 15.8 Å². The molecular weight excluding hydrogens is 413 g/mol. The molecule has 1 aromatic carbocycles. The molecule has 2 aromatic rings. The zero-order valence-corrected chi connectivity index (χ0v) is 19.3. The highest BCUT2D eigenvalue weighted by atomic mass is 32.1. The summed E-state index contributed by atoms with van der Waals surface area (Å²) in [5.41, 5.74) is 8.39. The monoisotopic (exact) mass is 445 g/mol. The lowest BCUT2D eigenvalue weighted by Crippen LogP contribution is -2.55. The first kappa shape index (κ1) is 22.0. The highest BCUT2D eigenvalue weighted by molar-refractivity contribution is 7.12. The van der Waals surface area contributed by atoms with E-state index in [1.165, 1.54) is 23.8 Å². The summed E-state index contributed by atoms with van der Waals surface area (Å²) in [5, 5.41) is 5.16. The number of likely N-dealkylation sites (N-methyl/N-ethyl adjacent to an activating group) is 1. The largest absolute Gasteiger partial charge is 0.397 e. The number of nitrogens with zero attached hydrogens (tertiary/aromatic N) is 3. The molecule has 1 amide bonds. The molecule has 0 bridgehead atoms. The predicted octanol–water partition coefficient (Wildman–Crippen LogP) is 4.12. The first-order valence-electron chi connectivity index (χ1n) is 11.2. The molecule has 0 radical (unpaired) electrons. The van der Waals surface area contributed by atoms with E-state index in [1.807, 2.05) is 0 Å². The summed E-state index contributed by atoms with van der Waals surface area (Å²) < 4.78 is 15.1. The van der Waals surface area contributed by atoms with Crippen LogP contribution in [0.1, 0.15) is 55.8 Å². The van der Waals surface area contributed by atoms with Gasteiger partial charge in [-0.1, -0.05) is 19.3 Å². The number of amides is 1. The molecule has 31 heavy (non-hydrogen) atoms. The maximum Gasteiger partial charge on any atom is 0.280 e. The Morgan fingerprint density at radius 2 is 1.87 bits per heavy atom. The third-order valence-electron chi connectivity index (χ3n) is 6.73. The van der Waals surface area contributed by atoms with Crippen molar-refractivity contribution in [3.8, 4) is 11.3 Å². The Bertz CT molecular complexity index is 930. The fraction of sp³-hybridized carbons (Fsp3) is 0.565. The number of rotatable bonds is 4. The first-order chi connectivity index (χ1) is 14.8. The first-order valence-corrected chi connectivity index (χ1v) is 12.0. The van der Waals surface area contributed by atoms with E-state index < -0.39 is 0 Å². The van der Waals surface area contributed by atoms with Crippen molar-refractivity contribution < 1.29 is 9.18 Å². The quantitative estimate of drug-likeness (QED) is 0.693. The highest BCUT2D eigenvalue weighted by Crippen LogP contribution is 2.34. The van der Waals surface area contributed by atoms with Crippen LogP contribution in [0.2, 0.25) is 0 Å². The molecule has 1 saturated heterocycles. The number of piperazine rings is 1. The molecule has 0 spiro atoms. The number of benzene rings is 1. The lowest BCUT2D eigenvalue weighted by atomic mass is 9.95. The number of anilines is 2. The molecule has 8 heteroatoms. The molecule has 1 aliphatic carbocycles. The van der Waals surface area contributed by atoms with E-state index in [0.29, 0.717) is 34.0 Å². The Labute approximate surface area is 187 Å². The maximum atomic E-state index is 15.1. The van der Waals surface area contributed by atoms with Crippen LogP contribution in [0, 0.1) is 5.82 Å². The van der Waals surface area contributed by atoms with E-state index in [4.69, 9.17) is 5.73 Å². The third-order valence-corrected chi connectivity index (χ3v) is 7.57. The van der Waals surface area contributed by atoms with Crippen molar-refractivity contribution >= 4 is 28.6 Å². The average molecular weight is 446 g/mol. The van der Waals surface area contributed by atoms with Crippen LogP contribution in [-0.2, 0) is 0 Å². The molecule has 2 atom stereocenters. The molecular formula is C23H32FN5OS. The van der Waals surface area contributed by atoms with Crippen LogP contribution < -0.4 is 16.0 Å². The van der Waals surface area contributed by atoms with Crippen LogP contribution in [0.25, 0.3) is 11.3 Å². The van der Waals surface area contributed by atoms with Crippen molar-refractivity contribution in [2.45, 2.75) is 64.1 Å². The van der Waals surface area contributed by atoms with Gasteiger partial charge in [0.2, 0.25) is 0 Å². The van der Waals surface area contributed by atoms with Gasteiger partial charge in [-0.05, 0) is 45.9 Å². The number of hydrogen-bond donors (Lipinski definition) is 2. The molecule has 1 saturated carbocycles. The van der Waals surface area contributed by atoms with Crippen molar-refractivity contribution in [2.24, 2.45) is 0 Å². The molecule has 2 heterocycles. The van der Waals surface area contributed by atoms with Gasteiger partial charge >= 0.3 is 0 Å². The number of carbonyl (C=O) groups excluding carboxylic acids is 1. The summed E-state index contributed by atoms with van der Waals surface area (Å²) in [6, 6.07) is 4.09. The van der Waals surface area contributed by atoms with Gasteiger partial charge in [0, 0.05) is 42.2 Å². The second-order valence-electron chi connectivity index (χ2n) is 9.01. The van der Waals surface area contributed by atoms with Crippen molar-refractivity contribution in [1.29, 1.82) is 0 Å². The van der Waals surface area contributed by atoms with Crippen LogP contribution in [-0.4, -0.2) is 54.1 Å². The van der Waals surface area contributed by atoms with Crippen LogP contribution in [0.5, 0.6) is 0 Å². The topological polar surface area (TPSA) is 74.5 Å². The Kier molecular flexibility index (Phi) is 6.48. The second-order valence-corrected chi connectivity index (χ2v) is 9.86. The molecule has 2 aliphatic rings. The third kappa shape index (κ3) is 4.70. The minimum absolute atomic E-state index is 0.173. The molecule has 3 N–H and O–H groups in total. The maximum absolute atomic E-state index is 15.1. The van der Waals surface area contributed by atoms with E-state index in [1.54, 1.807) is 11.4 Å². The minimum Gasteiger partial charge on any atom is -0.397 e. The second kappa shape index (κ2) is 9.12. The number of aromatic nitrogens is 1. The standard InChI is InChI=1S/C23H32FN5OS/c1-14-11-29(12-15(2)28(14)3)21-10-18(24)17(9-19(21)25)20-13-31-23(27-20)22(30)26-16-7-5-4-6-8-16/h9-10,13-16H,4-8,11-12,25H2,1-3H3,(H,26,30)/t14-,15+. The fourth-order valence-electron chi connectivity index (χ4n) is 4.65. The number of thiazole rings is 1. The normalized spacial score (nSPS) is 23.2. The lowest BCUT2D eigenvalue weighted by Gasteiger charge is -2.43. The van der Waals surface area contributed by atoms with Gasteiger partial charge in [0.25, 0.3) is 5.91 Å². The number of hydrogen-bond acceptors (Lipinski definition) is 6. The molecule has 4 rings (SSSR count). The smallest absolute Gasteiger partial charge is 0.280 e. The fourth-order valence-corrected chi connectivity index (χ4v) is 5.37. The van der Waals surface area contributed by atoms with Crippen molar-refractivity contribution in [3.63, 3.8) is 0 Å². The van der Waals surface area contributed by atoms with Crippen LogP contribution in [0.3, 0.4) is 0 Å². The van der Waals surface area contributed by atoms with Crippen molar-refractivity contribution in [1.82, 2.24) is 15.2 Å². The summed E-state index contributed by atoms with van der Waals surface area (Å²) in [4.78, 5) is 21.5. The zero-order chi connectivity index (χ0) is 22.1. The van der Waals surface area contributed by atoms with E-state index >= 15 is 4.39 Å².